The summed E-state index contributed by atoms with van der Waals surface area (Å²) in [6.45, 7) is 3.90. The van der Waals surface area contributed by atoms with E-state index in [4.69, 9.17) is 27.9 Å². The van der Waals surface area contributed by atoms with E-state index in [-0.39, 0.29) is 40.6 Å². The first kappa shape index (κ1) is 18.6. The molecule has 0 saturated heterocycles. The van der Waals surface area contributed by atoms with Crippen molar-refractivity contribution in [1.82, 2.24) is 4.31 Å². The molecule has 120 valence electrons. The fourth-order valence-corrected chi connectivity index (χ4v) is 3.98. The number of ether oxygens (including phenoxy) is 1. The fourth-order valence-electron chi connectivity index (χ4n) is 1.84. The normalized spacial score (nSPS) is 12.4. The predicted octanol–water partition coefficient (Wildman–Crippen LogP) is 3.26. The molecule has 0 aliphatic rings. The van der Waals surface area contributed by atoms with Crippen LogP contribution in [0.25, 0.3) is 0 Å². The van der Waals surface area contributed by atoms with Crippen LogP contribution in [0, 0.1) is 5.82 Å². The number of benzene rings is 1. The van der Waals surface area contributed by atoms with Gasteiger partial charge in [-0.25, -0.2) is 12.8 Å². The lowest BCUT2D eigenvalue weighted by molar-refractivity contribution is 0.171. The zero-order valence-electron chi connectivity index (χ0n) is 12.1. The zero-order chi connectivity index (χ0) is 16.2. The van der Waals surface area contributed by atoms with Gasteiger partial charge in [0.2, 0.25) is 10.0 Å². The van der Waals surface area contributed by atoms with Gasteiger partial charge in [-0.3, -0.25) is 0 Å². The average molecular weight is 358 g/mol. The first-order valence-electron chi connectivity index (χ1n) is 6.30. The summed E-state index contributed by atoms with van der Waals surface area (Å²) in [6.07, 6.45) is 0. The first-order valence-corrected chi connectivity index (χ1v) is 8.65. The Hall–Kier alpha value is -0.400. The molecule has 0 amide bonds. The topological polar surface area (TPSA) is 46.6 Å². The molecule has 1 rings (SSSR count). The molecule has 0 aromatic heterocycles. The van der Waals surface area contributed by atoms with E-state index in [1.165, 1.54) is 17.5 Å². The highest BCUT2D eigenvalue weighted by Crippen LogP contribution is 2.28. The minimum absolute atomic E-state index is 0.0706. The van der Waals surface area contributed by atoms with Crippen LogP contribution < -0.4 is 0 Å². The Morgan fingerprint density at radius 3 is 2.48 bits per heavy atom. The van der Waals surface area contributed by atoms with E-state index in [1.54, 1.807) is 13.8 Å². The Labute approximate surface area is 134 Å². The number of methoxy groups -OCH3 is 1. The maximum absolute atomic E-state index is 13.8. The summed E-state index contributed by atoms with van der Waals surface area (Å²) >= 11 is 11.4. The minimum Gasteiger partial charge on any atom is -0.383 e. The van der Waals surface area contributed by atoms with Gasteiger partial charge in [0.1, 0.15) is 5.82 Å². The van der Waals surface area contributed by atoms with Crippen molar-refractivity contribution in [3.05, 3.63) is 28.5 Å². The van der Waals surface area contributed by atoms with Gasteiger partial charge in [0.15, 0.2) is 0 Å². The number of hydrogen-bond acceptors (Lipinski definition) is 3. The van der Waals surface area contributed by atoms with Crippen molar-refractivity contribution < 1.29 is 17.5 Å². The number of alkyl halides is 1. The Balaban J connectivity index is 3.31. The smallest absolute Gasteiger partial charge is 0.243 e. The molecule has 0 radical (unpaired) electrons. The number of halogens is 3. The van der Waals surface area contributed by atoms with E-state index in [9.17, 15) is 12.8 Å². The van der Waals surface area contributed by atoms with Gasteiger partial charge in [-0.2, -0.15) is 4.31 Å². The van der Waals surface area contributed by atoms with E-state index in [0.29, 0.717) is 0 Å². The van der Waals surface area contributed by atoms with Gasteiger partial charge in [0.05, 0.1) is 16.5 Å². The van der Waals surface area contributed by atoms with E-state index in [1.807, 2.05) is 0 Å². The highest BCUT2D eigenvalue weighted by molar-refractivity contribution is 7.89. The van der Waals surface area contributed by atoms with E-state index >= 15 is 0 Å². The van der Waals surface area contributed by atoms with Crippen molar-refractivity contribution in [2.24, 2.45) is 0 Å². The van der Waals surface area contributed by atoms with Gasteiger partial charge >= 0.3 is 0 Å². The maximum Gasteiger partial charge on any atom is 0.243 e. The second kappa shape index (κ2) is 7.74. The summed E-state index contributed by atoms with van der Waals surface area (Å²) in [7, 11) is -2.36. The van der Waals surface area contributed by atoms with Crippen molar-refractivity contribution in [2.75, 3.05) is 20.3 Å². The molecule has 0 aliphatic carbocycles. The molecule has 1 aromatic carbocycles. The van der Waals surface area contributed by atoms with E-state index in [0.717, 1.165) is 6.07 Å². The summed E-state index contributed by atoms with van der Waals surface area (Å²) in [5.74, 6) is -0.873. The van der Waals surface area contributed by atoms with Crippen LogP contribution >= 0.6 is 23.2 Å². The van der Waals surface area contributed by atoms with Crippen LogP contribution in [0.3, 0.4) is 0 Å². The summed E-state index contributed by atoms with van der Waals surface area (Å²) in [5, 5.41) is -0.156. The van der Waals surface area contributed by atoms with Gasteiger partial charge in [-0.15, -0.1) is 11.6 Å². The molecule has 0 bridgehead atoms. The summed E-state index contributed by atoms with van der Waals surface area (Å²) in [5.41, 5.74) is 0.243. The molecular formula is C13H18Cl2FNO3S. The maximum atomic E-state index is 13.8. The van der Waals surface area contributed by atoms with Crippen LogP contribution in [0.15, 0.2) is 17.0 Å². The molecule has 4 nitrogen and oxygen atoms in total. The van der Waals surface area contributed by atoms with Crippen LogP contribution in [0.5, 0.6) is 0 Å². The zero-order valence-corrected chi connectivity index (χ0v) is 14.4. The molecule has 0 fully saturated rings. The number of rotatable bonds is 7. The number of sulfonamides is 1. The third kappa shape index (κ3) is 4.29. The molecule has 0 unspecified atom stereocenters. The van der Waals surface area contributed by atoms with Gasteiger partial charge in [-0.1, -0.05) is 11.6 Å². The monoisotopic (exact) mass is 357 g/mol. The van der Waals surface area contributed by atoms with Crippen LogP contribution in [0.1, 0.15) is 19.4 Å². The van der Waals surface area contributed by atoms with Crippen LogP contribution in [0.4, 0.5) is 4.39 Å². The van der Waals surface area contributed by atoms with Gasteiger partial charge < -0.3 is 4.74 Å². The van der Waals surface area contributed by atoms with Crippen LogP contribution in [0.2, 0.25) is 5.02 Å². The first-order chi connectivity index (χ1) is 9.75. The van der Waals surface area contributed by atoms with Crippen molar-refractivity contribution in [1.29, 1.82) is 0 Å². The number of nitrogens with zero attached hydrogens (tertiary/aromatic N) is 1. The Bertz CT molecular complexity index is 593. The predicted molar refractivity (Wildman–Crippen MR) is 81.9 cm³/mol. The summed E-state index contributed by atoms with van der Waals surface area (Å²) in [4.78, 5) is -0.162. The average Bonchev–Trinajstić information content (AvgIpc) is 2.41. The highest BCUT2D eigenvalue weighted by atomic mass is 35.5. The third-order valence-corrected chi connectivity index (χ3v) is 5.68. The minimum atomic E-state index is -3.85. The Kier molecular flexibility index (Phi) is 6.87. The van der Waals surface area contributed by atoms with Gasteiger partial charge in [0.25, 0.3) is 0 Å². The SMILES string of the molecule is COCCN(C(C)C)S(=O)(=O)c1cc(F)c(Cl)c(CCl)c1. The molecule has 0 atom stereocenters. The van der Waals surface area contributed by atoms with Crippen molar-refractivity contribution in [2.45, 2.75) is 30.7 Å². The number of hydrogen-bond donors (Lipinski definition) is 0. The van der Waals surface area contributed by atoms with E-state index in [2.05, 4.69) is 0 Å². The molecule has 21 heavy (non-hydrogen) atoms. The molecular weight excluding hydrogens is 340 g/mol. The molecule has 8 heteroatoms. The quantitative estimate of drug-likeness (QED) is 0.703. The second-order valence-electron chi connectivity index (χ2n) is 4.71. The molecule has 0 N–H and O–H groups in total. The van der Waals surface area contributed by atoms with Gasteiger partial charge in [-0.05, 0) is 31.5 Å². The summed E-state index contributed by atoms with van der Waals surface area (Å²) < 4.78 is 45.2. The van der Waals surface area contributed by atoms with Crippen molar-refractivity contribution in [3.63, 3.8) is 0 Å². The molecule has 0 heterocycles. The molecule has 0 spiro atoms. The highest BCUT2D eigenvalue weighted by Gasteiger charge is 2.28. The Morgan fingerprint density at radius 1 is 1.38 bits per heavy atom. The second-order valence-corrected chi connectivity index (χ2v) is 7.25. The van der Waals surface area contributed by atoms with E-state index < -0.39 is 15.8 Å². The molecule has 0 saturated carbocycles. The lowest BCUT2D eigenvalue weighted by Crippen LogP contribution is -2.39. The molecule has 1 aromatic rings. The van der Waals surface area contributed by atoms with Gasteiger partial charge in [0, 0.05) is 25.6 Å². The van der Waals surface area contributed by atoms with Crippen molar-refractivity contribution in [3.8, 4) is 0 Å². The fraction of sp³-hybridized carbons (Fsp3) is 0.538. The summed E-state index contributed by atoms with van der Waals surface area (Å²) in [6, 6.07) is 1.93. The lowest BCUT2D eigenvalue weighted by Gasteiger charge is -2.26. The largest absolute Gasteiger partial charge is 0.383 e. The van der Waals surface area contributed by atoms with Crippen LogP contribution in [-0.2, 0) is 20.6 Å². The third-order valence-electron chi connectivity index (χ3n) is 2.92. The molecule has 0 aliphatic heterocycles. The Morgan fingerprint density at radius 2 is 2.00 bits per heavy atom. The standard InChI is InChI=1S/C13H18Cl2FNO3S/c1-9(2)17(4-5-20-3)21(18,19)11-6-10(8-14)13(15)12(16)7-11/h6-7,9H,4-5,8H2,1-3H3. The van der Waals surface area contributed by atoms with Crippen LogP contribution in [-0.4, -0.2) is 39.0 Å². The lowest BCUT2D eigenvalue weighted by atomic mass is 10.2. The van der Waals surface area contributed by atoms with Crippen molar-refractivity contribution >= 4 is 33.2 Å².